The van der Waals surface area contributed by atoms with Crippen molar-refractivity contribution >= 4 is 25.7 Å². The van der Waals surface area contributed by atoms with Gasteiger partial charge in [-0.3, -0.25) is 23.4 Å². The number of phosphoric ester groups is 1. The molecule has 3 unspecified atom stereocenters. The number of hydrogen-bond acceptors (Lipinski definition) is 10. The number of aliphatic hydroxyl groups excluding tert-OH is 1. The third-order valence-corrected chi connectivity index (χ3v) is 13.8. The fourth-order valence-corrected chi connectivity index (χ4v) is 9.02. The molecule has 11 nitrogen and oxygen atoms in total. The average molecular weight is 1060 g/mol. The number of esters is 3. The highest BCUT2D eigenvalue weighted by atomic mass is 31.2. The van der Waals surface area contributed by atoms with Crippen LogP contribution in [0.2, 0.25) is 0 Å². The van der Waals surface area contributed by atoms with Crippen LogP contribution in [0, 0.1) is 0 Å². The molecule has 0 saturated carbocycles. The van der Waals surface area contributed by atoms with E-state index in [1.54, 1.807) is 0 Å². The minimum Gasteiger partial charge on any atom is -0.462 e. The topological polar surface area (TPSA) is 155 Å². The van der Waals surface area contributed by atoms with Crippen LogP contribution in [-0.4, -0.2) is 66.5 Å². The molecule has 0 amide bonds. The summed E-state index contributed by atoms with van der Waals surface area (Å²) in [6.07, 6.45) is 61.7. The van der Waals surface area contributed by atoms with E-state index >= 15 is 0 Å². The highest BCUT2D eigenvalue weighted by molar-refractivity contribution is 7.47. The van der Waals surface area contributed by atoms with Gasteiger partial charge >= 0.3 is 25.7 Å². The van der Waals surface area contributed by atoms with E-state index in [4.69, 9.17) is 23.3 Å². The monoisotopic (exact) mass is 1060 g/mol. The zero-order valence-corrected chi connectivity index (χ0v) is 48.5. The molecule has 0 fully saturated rings. The molecule has 0 aliphatic carbocycles. The molecule has 0 aliphatic heterocycles. The first-order chi connectivity index (χ1) is 36.2. The molecular formula is C62H111O11P. The summed E-state index contributed by atoms with van der Waals surface area (Å²) in [6, 6.07) is 0. The van der Waals surface area contributed by atoms with Gasteiger partial charge in [0.2, 0.25) is 0 Å². The van der Waals surface area contributed by atoms with Gasteiger partial charge in [-0.1, -0.05) is 210 Å². The van der Waals surface area contributed by atoms with Crippen LogP contribution in [0.15, 0.2) is 60.8 Å². The van der Waals surface area contributed by atoms with Crippen LogP contribution in [0.4, 0.5) is 0 Å². The van der Waals surface area contributed by atoms with E-state index < -0.39 is 57.8 Å². The third kappa shape index (κ3) is 54.0. The predicted octanol–water partition coefficient (Wildman–Crippen LogP) is 17.9. The minimum absolute atomic E-state index is 0.159. The zero-order chi connectivity index (χ0) is 54.1. The van der Waals surface area contributed by atoms with Gasteiger partial charge in [-0.2, -0.15) is 0 Å². The first-order valence-electron chi connectivity index (χ1n) is 30.2. The second-order valence-corrected chi connectivity index (χ2v) is 21.6. The van der Waals surface area contributed by atoms with Crippen molar-refractivity contribution in [2.75, 3.05) is 26.4 Å². The molecule has 2 N–H and O–H groups in total. The normalized spacial score (nSPS) is 13.7. The maximum absolute atomic E-state index is 12.9. The molecule has 0 aromatic rings. The summed E-state index contributed by atoms with van der Waals surface area (Å²) in [5.41, 5.74) is 0. The maximum atomic E-state index is 12.9. The molecule has 0 aromatic carbocycles. The lowest BCUT2D eigenvalue weighted by Crippen LogP contribution is -2.30. The second kappa shape index (κ2) is 56.4. The van der Waals surface area contributed by atoms with Crippen molar-refractivity contribution in [3.8, 4) is 0 Å². The van der Waals surface area contributed by atoms with E-state index in [1.807, 2.05) is 0 Å². The van der Waals surface area contributed by atoms with E-state index in [0.717, 1.165) is 116 Å². The largest absolute Gasteiger partial charge is 0.472 e. The fourth-order valence-electron chi connectivity index (χ4n) is 8.23. The van der Waals surface area contributed by atoms with E-state index in [9.17, 15) is 28.9 Å². The third-order valence-electron chi connectivity index (χ3n) is 12.9. The lowest BCUT2D eigenvalue weighted by molar-refractivity contribution is -0.161. The smallest absolute Gasteiger partial charge is 0.462 e. The lowest BCUT2D eigenvalue weighted by atomic mass is 10.1. The number of aliphatic hydroxyl groups is 1. The number of carbonyl (C=O) groups is 3. The van der Waals surface area contributed by atoms with E-state index in [0.29, 0.717) is 19.3 Å². The Morgan fingerprint density at radius 1 is 0.378 bits per heavy atom. The Labute approximate surface area is 453 Å². The van der Waals surface area contributed by atoms with Gasteiger partial charge in [0.05, 0.1) is 19.8 Å². The molecule has 74 heavy (non-hydrogen) atoms. The molecule has 0 aromatic heterocycles. The molecular weight excluding hydrogens is 952 g/mol. The Morgan fingerprint density at radius 3 is 1.04 bits per heavy atom. The van der Waals surface area contributed by atoms with Crippen molar-refractivity contribution in [1.29, 1.82) is 0 Å². The summed E-state index contributed by atoms with van der Waals surface area (Å²) in [7, 11) is -4.75. The number of carbonyl (C=O) groups excluding carboxylic acids is 3. The molecule has 0 bridgehead atoms. The van der Waals surface area contributed by atoms with Crippen LogP contribution >= 0.6 is 7.82 Å². The highest BCUT2D eigenvalue weighted by Crippen LogP contribution is 2.43. The number of unbranched alkanes of at least 4 members (excludes halogenated alkanes) is 29. The summed E-state index contributed by atoms with van der Waals surface area (Å²) >= 11 is 0. The van der Waals surface area contributed by atoms with Crippen LogP contribution in [0.5, 0.6) is 0 Å². The van der Waals surface area contributed by atoms with Gasteiger partial charge in [0, 0.05) is 19.3 Å². The zero-order valence-electron chi connectivity index (χ0n) is 47.6. The van der Waals surface area contributed by atoms with E-state index in [1.165, 1.54) is 103 Å². The molecule has 0 saturated heterocycles. The number of rotatable bonds is 56. The van der Waals surface area contributed by atoms with Crippen LogP contribution in [-0.2, 0) is 42.2 Å². The van der Waals surface area contributed by atoms with Crippen LogP contribution < -0.4 is 0 Å². The van der Waals surface area contributed by atoms with Crippen LogP contribution in [0.1, 0.15) is 278 Å². The molecule has 0 radical (unpaired) electrons. The van der Waals surface area contributed by atoms with Gasteiger partial charge in [-0.05, 0) is 109 Å². The Bertz CT molecular complexity index is 1470. The second-order valence-electron chi connectivity index (χ2n) is 20.2. The molecule has 0 aliphatic rings. The molecule has 3 atom stereocenters. The first kappa shape index (κ1) is 71.2. The molecule has 0 heterocycles. The van der Waals surface area contributed by atoms with Crippen molar-refractivity contribution < 1.29 is 52.2 Å². The van der Waals surface area contributed by atoms with Crippen molar-refractivity contribution in [3.63, 3.8) is 0 Å². The molecule has 0 rings (SSSR count). The summed E-state index contributed by atoms with van der Waals surface area (Å²) in [6.45, 7) is 4.57. The number of ether oxygens (including phenoxy) is 3. The van der Waals surface area contributed by atoms with E-state index in [2.05, 4.69) is 81.5 Å². The number of allylic oxidation sites excluding steroid dienone is 10. The molecule has 430 valence electrons. The lowest BCUT2D eigenvalue weighted by Gasteiger charge is -2.21. The van der Waals surface area contributed by atoms with Crippen molar-refractivity contribution in [2.24, 2.45) is 0 Å². The Balaban J connectivity index is 4.74. The summed E-state index contributed by atoms with van der Waals surface area (Å²) in [5, 5.41) is 9.81. The van der Waals surface area contributed by atoms with Crippen molar-refractivity contribution in [2.45, 2.75) is 290 Å². The number of hydrogen-bond donors (Lipinski definition) is 2. The van der Waals surface area contributed by atoms with Gasteiger partial charge in [0.15, 0.2) is 6.10 Å². The summed E-state index contributed by atoms with van der Waals surface area (Å²) in [5.74, 6) is -1.48. The number of phosphoric acid groups is 1. The molecule has 0 spiro atoms. The standard InChI is InChI=1S/C62H111O11P/c1-4-7-10-13-16-19-22-25-27-28-29-30-32-35-38-41-44-47-50-53-62(66)73-59(55-69-60(64)51-48-45-42-39-36-34-31-26-23-20-17-14-11-8-5-2)57-71-74(67,68)70-56-58(54-63)72-61(65)52-49-46-43-40-37-33-24-21-18-15-12-9-6-3/h16-17,19-21,24-27,31,58-59,63H,4-15,18,22-23,28-30,32-57H2,1-3H3,(H,67,68)/b19-16-,20-17-,24-21-,27-25-,31-26-. The van der Waals surface area contributed by atoms with Gasteiger partial charge < -0.3 is 24.2 Å². The Hall–Kier alpha value is -2.82. The minimum atomic E-state index is -4.75. The summed E-state index contributed by atoms with van der Waals surface area (Å²) in [4.78, 5) is 48.6. The fraction of sp³-hybridized carbons (Fsp3) is 0.790. The Kier molecular flexibility index (Phi) is 54.2. The summed E-state index contributed by atoms with van der Waals surface area (Å²) < 4.78 is 39.6. The van der Waals surface area contributed by atoms with Crippen molar-refractivity contribution in [1.82, 2.24) is 0 Å². The van der Waals surface area contributed by atoms with Gasteiger partial charge in [-0.15, -0.1) is 0 Å². The van der Waals surface area contributed by atoms with Gasteiger partial charge in [-0.25, -0.2) is 4.57 Å². The highest BCUT2D eigenvalue weighted by Gasteiger charge is 2.28. The van der Waals surface area contributed by atoms with Crippen molar-refractivity contribution in [3.05, 3.63) is 60.8 Å². The van der Waals surface area contributed by atoms with Crippen LogP contribution in [0.25, 0.3) is 0 Å². The van der Waals surface area contributed by atoms with Gasteiger partial charge in [0.25, 0.3) is 0 Å². The van der Waals surface area contributed by atoms with E-state index in [-0.39, 0.29) is 25.9 Å². The van der Waals surface area contributed by atoms with Crippen LogP contribution in [0.3, 0.4) is 0 Å². The quantitative estimate of drug-likeness (QED) is 0.0197. The Morgan fingerprint density at radius 2 is 0.662 bits per heavy atom. The maximum Gasteiger partial charge on any atom is 0.472 e. The van der Waals surface area contributed by atoms with Gasteiger partial charge in [0.1, 0.15) is 12.7 Å². The molecule has 12 heteroatoms. The predicted molar refractivity (Wildman–Crippen MR) is 307 cm³/mol. The first-order valence-corrected chi connectivity index (χ1v) is 31.7. The SMILES string of the molecule is CCCCC/C=C\C/C=C\CCCCCCCCCCCC(=O)OC(COC(=O)CCCCCCC/C=C\C/C=C\CCCCC)COP(=O)(O)OCC(CO)OC(=O)CCCCCCC/C=C\CCCCCC. The average Bonchev–Trinajstić information content (AvgIpc) is 3.39.